The third kappa shape index (κ3) is 4.84. The molecule has 6 heteroatoms. The number of hydrogen-bond acceptors (Lipinski definition) is 4. The van der Waals surface area contributed by atoms with Crippen LogP contribution in [0.1, 0.15) is 32.1 Å². The zero-order chi connectivity index (χ0) is 17.4. The van der Waals surface area contributed by atoms with Crippen molar-refractivity contribution in [3.05, 3.63) is 30.0 Å². The summed E-state index contributed by atoms with van der Waals surface area (Å²) < 4.78 is 11.7. The molecular weight excluding hydrogens is 322 g/mol. The Morgan fingerprint density at radius 3 is 2.96 bits per heavy atom. The largest absolute Gasteiger partial charge is 0.490 e. The first-order valence-corrected chi connectivity index (χ1v) is 9.70. The van der Waals surface area contributed by atoms with Gasteiger partial charge in [-0.25, -0.2) is 0 Å². The van der Waals surface area contributed by atoms with E-state index in [2.05, 4.69) is 34.9 Å². The van der Waals surface area contributed by atoms with E-state index in [4.69, 9.17) is 9.15 Å². The molecule has 2 N–H and O–H groups in total. The number of nitrogens with one attached hydrogen (secondary N) is 2. The molecule has 0 aliphatic carbocycles. The molecule has 1 aromatic carbocycles. The van der Waals surface area contributed by atoms with Crippen LogP contribution in [0, 0.1) is 0 Å². The monoisotopic (exact) mass is 349 g/mol. The lowest BCUT2D eigenvalue weighted by molar-refractivity contribution is 0.336. The summed E-state index contributed by atoms with van der Waals surface area (Å²) in [5, 5.41) is 7.75. The van der Waals surface area contributed by atoms with Crippen LogP contribution in [0.4, 0.5) is 0 Å². The van der Waals surface area contributed by atoms with E-state index in [-0.39, 0.29) is 6.04 Å². The average Bonchev–Trinajstić information content (AvgIpc) is 3.03. The fraction of sp³-hybridized carbons (Fsp3) is 0.500. The van der Waals surface area contributed by atoms with Gasteiger partial charge in [-0.2, -0.15) is 11.8 Å². The lowest BCUT2D eigenvalue weighted by atomic mass is 10.2. The van der Waals surface area contributed by atoms with Gasteiger partial charge in [-0.15, -0.1) is 0 Å². The summed E-state index contributed by atoms with van der Waals surface area (Å²) in [5.74, 6) is 3.58. The molecule has 0 saturated carbocycles. The van der Waals surface area contributed by atoms with Gasteiger partial charge in [0.25, 0.3) is 0 Å². The number of thioether (sulfide) groups is 1. The highest BCUT2D eigenvalue weighted by atomic mass is 32.2. The predicted molar refractivity (Wildman–Crippen MR) is 103 cm³/mol. The molecule has 2 rings (SSSR count). The fourth-order valence-electron chi connectivity index (χ4n) is 2.43. The minimum Gasteiger partial charge on any atom is -0.490 e. The summed E-state index contributed by atoms with van der Waals surface area (Å²) in [5.41, 5.74) is 0.797. The minimum atomic E-state index is 0.0126. The van der Waals surface area contributed by atoms with Gasteiger partial charge in [-0.1, -0.05) is 12.1 Å². The van der Waals surface area contributed by atoms with Crippen molar-refractivity contribution in [3.63, 3.8) is 0 Å². The molecule has 1 atom stereocenters. The number of ether oxygens (including phenoxy) is 1. The van der Waals surface area contributed by atoms with Crippen molar-refractivity contribution in [2.75, 3.05) is 32.2 Å². The second-order valence-electron chi connectivity index (χ2n) is 5.47. The first-order valence-electron chi connectivity index (χ1n) is 8.31. The van der Waals surface area contributed by atoms with Gasteiger partial charge in [-0.05, 0) is 44.4 Å². The molecule has 1 unspecified atom stereocenters. The van der Waals surface area contributed by atoms with Gasteiger partial charge >= 0.3 is 0 Å². The third-order valence-electron chi connectivity index (χ3n) is 3.65. The van der Waals surface area contributed by atoms with Crippen LogP contribution in [0.15, 0.2) is 33.7 Å². The van der Waals surface area contributed by atoms with Crippen LogP contribution in [0.25, 0.3) is 11.0 Å². The summed E-state index contributed by atoms with van der Waals surface area (Å²) in [7, 11) is 1.78. The Morgan fingerprint density at radius 1 is 1.42 bits per heavy atom. The normalized spacial score (nSPS) is 13.1. The van der Waals surface area contributed by atoms with Crippen molar-refractivity contribution in [1.29, 1.82) is 0 Å². The molecule has 0 radical (unpaired) electrons. The van der Waals surface area contributed by atoms with E-state index in [1.807, 2.05) is 36.9 Å². The Hall–Kier alpha value is -1.82. The fourth-order valence-corrected chi connectivity index (χ4v) is 2.87. The van der Waals surface area contributed by atoms with Gasteiger partial charge in [0.05, 0.1) is 12.6 Å². The number of fused-ring (bicyclic) bond motifs is 1. The SMILES string of the molecule is CCOc1cccc2cc(C(C)NC(=NC)NCCCSC)oc12. The molecule has 0 fully saturated rings. The third-order valence-corrected chi connectivity index (χ3v) is 4.35. The maximum atomic E-state index is 6.03. The second-order valence-corrected chi connectivity index (χ2v) is 6.45. The van der Waals surface area contributed by atoms with Crippen LogP contribution in [-0.2, 0) is 0 Å². The molecule has 0 aliphatic rings. The van der Waals surface area contributed by atoms with Crippen LogP contribution in [0.5, 0.6) is 5.75 Å². The molecule has 132 valence electrons. The van der Waals surface area contributed by atoms with Crippen molar-refractivity contribution >= 4 is 28.7 Å². The molecule has 0 aliphatic heterocycles. The standard InChI is InChI=1S/C18H27N3O2S/c1-5-22-15-9-6-8-14-12-16(23-17(14)15)13(2)21-18(19-3)20-10-7-11-24-4/h6,8-9,12-13H,5,7,10-11H2,1-4H3,(H2,19,20,21). The number of rotatable bonds is 8. The van der Waals surface area contributed by atoms with Crippen molar-refractivity contribution in [3.8, 4) is 5.75 Å². The highest BCUT2D eigenvalue weighted by molar-refractivity contribution is 7.98. The average molecular weight is 350 g/mol. The van der Waals surface area contributed by atoms with Crippen molar-refractivity contribution in [2.45, 2.75) is 26.3 Å². The van der Waals surface area contributed by atoms with E-state index in [1.54, 1.807) is 7.05 Å². The lowest BCUT2D eigenvalue weighted by Crippen LogP contribution is -2.39. The molecule has 5 nitrogen and oxygen atoms in total. The van der Waals surface area contributed by atoms with Gasteiger partial charge in [0.1, 0.15) is 5.76 Å². The number of hydrogen-bond donors (Lipinski definition) is 2. The van der Waals surface area contributed by atoms with Gasteiger partial charge in [0.15, 0.2) is 17.3 Å². The maximum Gasteiger partial charge on any atom is 0.191 e. The quantitative estimate of drug-likeness (QED) is 0.431. The molecular formula is C18H27N3O2S. The summed E-state index contributed by atoms with van der Waals surface area (Å²) in [4.78, 5) is 4.27. The van der Waals surface area contributed by atoms with Crippen LogP contribution < -0.4 is 15.4 Å². The zero-order valence-electron chi connectivity index (χ0n) is 14.9. The van der Waals surface area contributed by atoms with Gasteiger partial charge in [0, 0.05) is 19.0 Å². The highest BCUT2D eigenvalue weighted by Crippen LogP contribution is 2.31. The maximum absolute atomic E-state index is 6.03. The predicted octanol–water partition coefficient (Wildman–Crippen LogP) is 3.81. The van der Waals surface area contributed by atoms with Gasteiger partial charge in [-0.3, -0.25) is 4.99 Å². The molecule has 0 bridgehead atoms. The number of nitrogens with zero attached hydrogens (tertiary/aromatic N) is 1. The number of furan rings is 1. The Bertz CT molecular complexity index is 669. The van der Waals surface area contributed by atoms with Crippen molar-refractivity contribution in [1.82, 2.24) is 10.6 Å². The first kappa shape index (κ1) is 18.5. The molecule has 2 aromatic rings. The first-order chi connectivity index (χ1) is 11.7. The van der Waals surface area contributed by atoms with E-state index in [0.29, 0.717) is 6.61 Å². The number of aliphatic imine (C=N–C) groups is 1. The van der Waals surface area contributed by atoms with Crippen LogP contribution >= 0.6 is 11.8 Å². The number of guanidine groups is 1. The lowest BCUT2D eigenvalue weighted by Gasteiger charge is -2.16. The van der Waals surface area contributed by atoms with E-state index >= 15 is 0 Å². The summed E-state index contributed by atoms with van der Waals surface area (Å²) in [6, 6.07) is 8.02. The molecule has 0 amide bonds. The Morgan fingerprint density at radius 2 is 2.25 bits per heavy atom. The number of para-hydroxylation sites is 1. The molecule has 1 heterocycles. The van der Waals surface area contributed by atoms with Gasteiger partial charge in [0.2, 0.25) is 0 Å². The van der Waals surface area contributed by atoms with E-state index in [9.17, 15) is 0 Å². The summed E-state index contributed by atoms with van der Waals surface area (Å²) in [6.45, 7) is 5.56. The van der Waals surface area contributed by atoms with Crippen LogP contribution in [0.3, 0.4) is 0 Å². The van der Waals surface area contributed by atoms with Crippen LogP contribution in [0.2, 0.25) is 0 Å². The smallest absolute Gasteiger partial charge is 0.191 e. The Balaban J connectivity index is 2.04. The summed E-state index contributed by atoms with van der Waals surface area (Å²) >= 11 is 1.85. The van der Waals surface area contributed by atoms with Crippen molar-refractivity contribution in [2.24, 2.45) is 4.99 Å². The molecule has 1 aromatic heterocycles. The molecule has 0 saturated heterocycles. The second kappa shape index (κ2) is 9.47. The van der Waals surface area contributed by atoms with E-state index < -0.39 is 0 Å². The van der Waals surface area contributed by atoms with Crippen molar-refractivity contribution < 1.29 is 9.15 Å². The van der Waals surface area contributed by atoms with E-state index in [1.165, 1.54) is 0 Å². The Labute approximate surface area is 148 Å². The topological polar surface area (TPSA) is 58.8 Å². The van der Waals surface area contributed by atoms with E-state index in [0.717, 1.165) is 47.2 Å². The molecule has 24 heavy (non-hydrogen) atoms. The summed E-state index contributed by atoms with van der Waals surface area (Å²) in [6.07, 6.45) is 3.23. The Kier molecular flexibility index (Phi) is 7.31. The van der Waals surface area contributed by atoms with Gasteiger partial charge < -0.3 is 19.8 Å². The number of benzene rings is 1. The minimum absolute atomic E-state index is 0.0126. The van der Waals surface area contributed by atoms with Crippen LogP contribution in [-0.4, -0.2) is 38.2 Å². The molecule has 0 spiro atoms. The highest BCUT2D eigenvalue weighted by Gasteiger charge is 2.15. The zero-order valence-corrected chi connectivity index (χ0v) is 15.7.